The predicted octanol–water partition coefficient (Wildman–Crippen LogP) is 2.64. The van der Waals surface area contributed by atoms with Gasteiger partial charge in [0, 0.05) is 45.8 Å². The SMILES string of the molecule is CCOc1ccc(CN(CCN2CCOCC2)Cc2nc(C(=O)N3CCCC3)co2)cc1. The third kappa shape index (κ3) is 6.31. The summed E-state index contributed by atoms with van der Waals surface area (Å²) in [6.07, 6.45) is 3.63. The fraction of sp³-hybridized carbons (Fsp3) is 0.583. The summed E-state index contributed by atoms with van der Waals surface area (Å²) in [7, 11) is 0. The number of morpholine rings is 1. The molecule has 2 saturated heterocycles. The first-order chi connectivity index (χ1) is 15.7. The van der Waals surface area contributed by atoms with Gasteiger partial charge in [-0.3, -0.25) is 14.6 Å². The first-order valence-electron chi connectivity index (χ1n) is 11.7. The van der Waals surface area contributed by atoms with Crippen LogP contribution in [0.2, 0.25) is 0 Å². The molecule has 0 saturated carbocycles. The van der Waals surface area contributed by atoms with E-state index in [0.29, 0.717) is 24.7 Å². The van der Waals surface area contributed by atoms with E-state index in [9.17, 15) is 4.79 Å². The lowest BCUT2D eigenvalue weighted by Crippen LogP contribution is -2.41. The van der Waals surface area contributed by atoms with E-state index in [4.69, 9.17) is 13.9 Å². The number of carbonyl (C=O) groups is 1. The lowest BCUT2D eigenvalue weighted by molar-refractivity contribution is 0.0320. The Hall–Kier alpha value is -2.42. The van der Waals surface area contributed by atoms with Gasteiger partial charge in [-0.15, -0.1) is 0 Å². The summed E-state index contributed by atoms with van der Waals surface area (Å²) in [4.78, 5) is 23.7. The number of oxazole rings is 1. The number of likely N-dealkylation sites (tertiary alicyclic amines) is 1. The molecule has 0 aliphatic carbocycles. The largest absolute Gasteiger partial charge is 0.494 e. The molecule has 1 aromatic carbocycles. The Morgan fingerprint density at radius 1 is 1.09 bits per heavy atom. The van der Waals surface area contributed by atoms with Crippen molar-refractivity contribution in [2.75, 3.05) is 59.1 Å². The minimum Gasteiger partial charge on any atom is -0.494 e. The molecule has 0 atom stereocenters. The molecule has 174 valence electrons. The summed E-state index contributed by atoms with van der Waals surface area (Å²) in [6, 6.07) is 8.23. The molecular formula is C24H34N4O4. The van der Waals surface area contributed by atoms with Crippen molar-refractivity contribution in [3.05, 3.63) is 47.7 Å². The maximum absolute atomic E-state index is 12.6. The van der Waals surface area contributed by atoms with Gasteiger partial charge >= 0.3 is 0 Å². The molecule has 3 heterocycles. The Balaban J connectivity index is 1.40. The van der Waals surface area contributed by atoms with Gasteiger partial charge in [0.05, 0.1) is 26.4 Å². The second-order valence-corrected chi connectivity index (χ2v) is 8.37. The molecule has 8 heteroatoms. The molecule has 0 spiro atoms. The summed E-state index contributed by atoms with van der Waals surface area (Å²) in [6.45, 7) is 10.9. The smallest absolute Gasteiger partial charge is 0.275 e. The Morgan fingerprint density at radius 2 is 1.84 bits per heavy atom. The van der Waals surface area contributed by atoms with Gasteiger partial charge in [0.25, 0.3) is 5.91 Å². The van der Waals surface area contributed by atoms with E-state index in [1.807, 2.05) is 24.0 Å². The molecule has 1 aromatic heterocycles. The summed E-state index contributed by atoms with van der Waals surface area (Å²) in [5.74, 6) is 1.44. The molecule has 2 fully saturated rings. The highest BCUT2D eigenvalue weighted by Crippen LogP contribution is 2.17. The number of nitrogens with zero attached hydrogens (tertiary/aromatic N) is 4. The minimum absolute atomic E-state index is 0.0242. The van der Waals surface area contributed by atoms with Crippen LogP contribution in [0.1, 0.15) is 41.7 Å². The van der Waals surface area contributed by atoms with Crippen LogP contribution in [0.5, 0.6) is 5.75 Å². The number of hydrogen-bond donors (Lipinski definition) is 0. The van der Waals surface area contributed by atoms with Gasteiger partial charge < -0.3 is 18.8 Å². The first-order valence-corrected chi connectivity index (χ1v) is 11.7. The van der Waals surface area contributed by atoms with Crippen LogP contribution in [0, 0.1) is 0 Å². The Bertz CT molecular complexity index is 842. The summed E-state index contributed by atoms with van der Waals surface area (Å²) in [5, 5.41) is 0. The van der Waals surface area contributed by atoms with E-state index in [1.165, 1.54) is 11.8 Å². The Labute approximate surface area is 190 Å². The molecule has 32 heavy (non-hydrogen) atoms. The Morgan fingerprint density at radius 3 is 2.56 bits per heavy atom. The second-order valence-electron chi connectivity index (χ2n) is 8.37. The number of aromatic nitrogens is 1. The highest BCUT2D eigenvalue weighted by atomic mass is 16.5. The number of hydrogen-bond acceptors (Lipinski definition) is 7. The van der Waals surface area contributed by atoms with Crippen molar-refractivity contribution in [1.82, 2.24) is 19.7 Å². The Kier molecular flexibility index (Phi) is 8.14. The van der Waals surface area contributed by atoms with Crippen LogP contribution < -0.4 is 4.74 Å². The molecule has 0 unspecified atom stereocenters. The number of amides is 1. The summed E-state index contributed by atoms with van der Waals surface area (Å²) < 4.78 is 16.7. The molecule has 2 aliphatic heterocycles. The fourth-order valence-electron chi connectivity index (χ4n) is 4.19. The standard InChI is InChI=1S/C24H34N4O4/c1-2-31-21-7-5-20(6-8-21)17-27(12-11-26-13-15-30-16-14-26)18-23-25-22(19-32-23)24(29)28-9-3-4-10-28/h5-8,19H,2-4,9-18H2,1H3. The van der Waals surface area contributed by atoms with Gasteiger partial charge in [0.1, 0.15) is 12.0 Å². The molecular weight excluding hydrogens is 408 g/mol. The molecule has 0 radical (unpaired) electrons. The van der Waals surface area contributed by atoms with Gasteiger partial charge in [-0.1, -0.05) is 12.1 Å². The molecule has 2 aliphatic rings. The highest BCUT2D eigenvalue weighted by Gasteiger charge is 2.23. The van der Waals surface area contributed by atoms with Crippen molar-refractivity contribution in [3.8, 4) is 5.75 Å². The van der Waals surface area contributed by atoms with E-state index < -0.39 is 0 Å². The first kappa shape index (κ1) is 22.8. The zero-order valence-corrected chi connectivity index (χ0v) is 19.0. The minimum atomic E-state index is -0.0242. The third-order valence-electron chi connectivity index (χ3n) is 6.00. The van der Waals surface area contributed by atoms with Gasteiger partial charge in [-0.05, 0) is 37.5 Å². The lowest BCUT2D eigenvalue weighted by Gasteiger charge is -2.29. The monoisotopic (exact) mass is 442 g/mol. The average Bonchev–Trinajstić information content (AvgIpc) is 3.52. The van der Waals surface area contributed by atoms with Crippen molar-refractivity contribution in [2.24, 2.45) is 0 Å². The maximum atomic E-state index is 12.6. The van der Waals surface area contributed by atoms with Crippen molar-refractivity contribution in [3.63, 3.8) is 0 Å². The van der Waals surface area contributed by atoms with E-state index in [0.717, 1.165) is 77.6 Å². The van der Waals surface area contributed by atoms with Gasteiger partial charge in [-0.25, -0.2) is 4.98 Å². The number of rotatable bonds is 10. The van der Waals surface area contributed by atoms with Crippen LogP contribution in [0.3, 0.4) is 0 Å². The van der Waals surface area contributed by atoms with Crippen LogP contribution in [-0.4, -0.2) is 84.7 Å². The van der Waals surface area contributed by atoms with E-state index >= 15 is 0 Å². The van der Waals surface area contributed by atoms with Crippen LogP contribution >= 0.6 is 0 Å². The highest BCUT2D eigenvalue weighted by molar-refractivity contribution is 5.92. The van der Waals surface area contributed by atoms with Crippen LogP contribution in [0.25, 0.3) is 0 Å². The van der Waals surface area contributed by atoms with Crippen LogP contribution in [0.15, 0.2) is 34.9 Å². The maximum Gasteiger partial charge on any atom is 0.275 e. The van der Waals surface area contributed by atoms with Crippen molar-refractivity contribution < 1.29 is 18.7 Å². The zero-order valence-electron chi connectivity index (χ0n) is 19.0. The van der Waals surface area contributed by atoms with Gasteiger partial charge in [0.2, 0.25) is 5.89 Å². The molecule has 4 rings (SSSR count). The van der Waals surface area contributed by atoms with Gasteiger partial charge in [-0.2, -0.15) is 0 Å². The van der Waals surface area contributed by atoms with Crippen molar-refractivity contribution in [1.29, 1.82) is 0 Å². The molecule has 1 amide bonds. The summed E-state index contributed by atoms with van der Waals surface area (Å²) >= 11 is 0. The molecule has 2 aromatic rings. The number of ether oxygens (including phenoxy) is 2. The van der Waals surface area contributed by atoms with Crippen LogP contribution in [0.4, 0.5) is 0 Å². The van der Waals surface area contributed by atoms with Gasteiger partial charge in [0.15, 0.2) is 5.69 Å². The van der Waals surface area contributed by atoms with E-state index in [2.05, 4.69) is 26.9 Å². The van der Waals surface area contributed by atoms with Crippen LogP contribution in [-0.2, 0) is 17.8 Å². The zero-order chi connectivity index (χ0) is 22.2. The molecule has 0 N–H and O–H groups in total. The van der Waals surface area contributed by atoms with Crippen molar-refractivity contribution >= 4 is 5.91 Å². The molecule has 0 bridgehead atoms. The topological polar surface area (TPSA) is 71.3 Å². The summed E-state index contributed by atoms with van der Waals surface area (Å²) in [5.41, 5.74) is 1.62. The predicted molar refractivity (Wildman–Crippen MR) is 121 cm³/mol. The normalized spacial score (nSPS) is 17.2. The van der Waals surface area contributed by atoms with E-state index in [-0.39, 0.29) is 5.91 Å². The average molecular weight is 443 g/mol. The van der Waals surface area contributed by atoms with Crippen molar-refractivity contribution in [2.45, 2.75) is 32.9 Å². The molecule has 8 nitrogen and oxygen atoms in total. The van der Waals surface area contributed by atoms with E-state index in [1.54, 1.807) is 0 Å². The lowest BCUT2D eigenvalue weighted by atomic mass is 10.2. The second kappa shape index (κ2) is 11.4. The third-order valence-corrected chi connectivity index (χ3v) is 6.00. The number of carbonyl (C=O) groups excluding carboxylic acids is 1. The quantitative estimate of drug-likeness (QED) is 0.560. The fourth-order valence-corrected chi connectivity index (χ4v) is 4.19. The number of benzene rings is 1.